The largest absolute Gasteiger partial charge is 0.0912 e. The Labute approximate surface area is 32.8 Å². The third kappa shape index (κ3) is 3.48. The van der Waals surface area contributed by atoms with E-state index >= 15 is 0 Å². The second kappa shape index (κ2) is 3.48. The van der Waals surface area contributed by atoms with E-state index in [4.69, 9.17) is 0 Å². The van der Waals surface area contributed by atoms with Crippen LogP contribution in [0.1, 0.15) is 6.92 Å². The van der Waals surface area contributed by atoms with Crippen LogP contribution in [-0.2, 0) is 0 Å². The Hall–Kier alpha value is -0.520. The van der Waals surface area contributed by atoms with E-state index in [1.165, 1.54) is 0 Å². The Kier molecular flexibility index (Phi) is 3.12. The van der Waals surface area contributed by atoms with Crippen LogP contribution in [0.15, 0.2) is 18.7 Å². The molecule has 27 valence electrons. The van der Waals surface area contributed by atoms with Gasteiger partial charge in [0.15, 0.2) is 0 Å². The van der Waals surface area contributed by atoms with Crippen molar-refractivity contribution in [3.05, 3.63) is 24.8 Å². The smallest absolute Gasteiger partial charge is 0.0265 e. The van der Waals surface area contributed by atoms with Crippen molar-refractivity contribution in [2.24, 2.45) is 0 Å². The Morgan fingerprint density at radius 2 is 2.40 bits per heavy atom. The summed E-state index contributed by atoms with van der Waals surface area (Å²) in [6.45, 7) is 5.27. The lowest BCUT2D eigenvalue weighted by Gasteiger charge is -1.54. The molecule has 0 spiro atoms. The second-order valence-electron chi connectivity index (χ2n) is 0.704. The van der Waals surface area contributed by atoms with Gasteiger partial charge in [-0.1, -0.05) is 18.7 Å². The average Bonchev–Trinajstić information content (AvgIpc) is 1.41. The molecule has 0 saturated carbocycles. The number of rotatable bonds is 1. The normalized spacial score (nSPS) is 9.00. The van der Waals surface area contributed by atoms with Gasteiger partial charge in [-0.05, 0) is 13.0 Å². The first-order chi connectivity index (χ1) is 2.41. The standard InChI is InChI=1S/C5H7/c1-3-5-4-2/h4-5H,1H2,2H3/b5-4-. The van der Waals surface area contributed by atoms with Gasteiger partial charge in [0.1, 0.15) is 0 Å². The predicted octanol–water partition coefficient (Wildman–Crippen LogP) is 1.55. The van der Waals surface area contributed by atoms with E-state index in [1.807, 2.05) is 13.0 Å². The fraction of sp³-hybridized carbons (Fsp3) is 0.200. The average molecular weight is 67.1 g/mol. The van der Waals surface area contributed by atoms with Gasteiger partial charge in [-0.25, -0.2) is 0 Å². The first kappa shape index (κ1) is 4.48. The zero-order chi connectivity index (χ0) is 4.12. The number of allylic oxidation sites excluding steroid dienone is 3. The van der Waals surface area contributed by atoms with E-state index < -0.39 is 0 Å². The van der Waals surface area contributed by atoms with Gasteiger partial charge in [0.25, 0.3) is 0 Å². The van der Waals surface area contributed by atoms with Gasteiger partial charge in [0.2, 0.25) is 0 Å². The molecule has 0 unspecified atom stereocenters. The lowest BCUT2D eigenvalue weighted by atomic mass is 10.5. The molecule has 0 fully saturated rings. The summed E-state index contributed by atoms with van der Waals surface area (Å²) in [4.78, 5) is 0. The van der Waals surface area contributed by atoms with Crippen molar-refractivity contribution in [2.45, 2.75) is 6.92 Å². The first-order valence-electron chi connectivity index (χ1n) is 1.55. The van der Waals surface area contributed by atoms with E-state index in [0.29, 0.717) is 0 Å². The van der Waals surface area contributed by atoms with Crippen LogP contribution in [0.4, 0.5) is 0 Å². The van der Waals surface area contributed by atoms with Crippen molar-refractivity contribution in [2.75, 3.05) is 0 Å². The molecule has 0 aliphatic rings. The lowest BCUT2D eigenvalue weighted by Crippen LogP contribution is -1.35. The van der Waals surface area contributed by atoms with Crippen molar-refractivity contribution in [1.82, 2.24) is 0 Å². The minimum absolute atomic E-state index is 1.76. The van der Waals surface area contributed by atoms with Crippen LogP contribution in [0.2, 0.25) is 0 Å². The van der Waals surface area contributed by atoms with Gasteiger partial charge in [0.05, 0.1) is 0 Å². The second-order valence-corrected chi connectivity index (χ2v) is 0.704. The van der Waals surface area contributed by atoms with Crippen LogP contribution in [-0.4, -0.2) is 0 Å². The quantitative estimate of drug-likeness (QED) is 0.408. The van der Waals surface area contributed by atoms with Crippen LogP contribution in [0.25, 0.3) is 0 Å². The van der Waals surface area contributed by atoms with E-state index in [-0.39, 0.29) is 0 Å². The molecule has 0 nitrogen and oxygen atoms in total. The first-order valence-corrected chi connectivity index (χ1v) is 1.55. The van der Waals surface area contributed by atoms with Crippen molar-refractivity contribution in [1.29, 1.82) is 0 Å². The van der Waals surface area contributed by atoms with Crippen LogP contribution < -0.4 is 0 Å². The van der Waals surface area contributed by atoms with Gasteiger partial charge in [0, 0.05) is 0 Å². The van der Waals surface area contributed by atoms with Crippen molar-refractivity contribution in [3.8, 4) is 0 Å². The summed E-state index contributed by atoms with van der Waals surface area (Å²) < 4.78 is 0. The highest BCUT2D eigenvalue weighted by Gasteiger charge is 1.43. The molecule has 5 heavy (non-hydrogen) atoms. The fourth-order valence-corrected chi connectivity index (χ4v) is 0.118. The van der Waals surface area contributed by atoms with Gasteiger partial charge < -0.3 is 0 Å². The maximum absolute atomic E-state index is 3.34. The summed E-state index contributed by atoms with van der Waals surface area (Å²) in [5.74, 6) is 0. The molecule has 0 saturated heterocycles. The maximum atomic E-state index is 3.34. The van der Waals surface area contributed by atoms with Crippen LogP contribution in [0, 0.1) is 6.08 Å². The summed E-state index contributed by atoms with van der Waals surface area (Å²) in [7, 11) is 0. The zero-order valence-corrected chi connectivity index (χ0v) is 3.36. The Balaban J connectivity index is 2.92. The van der Waals surface area contributed by atoms with Crippen molar-refractivity contribution < 1.29 is 0 Å². The molecule has 0 rings (SSSR count). The van der Waals surface area contributed by atoms with Gasteiger partial charge in [-0.2, -0.15) is 0 Å². The third-order valence-corrected chi connectivity index (χ3v) is 0.285. The predicted molar refractivity (Wildman–Crippen MR) is 23.7 cm³/mol. The highest BCUT2D eigenvalue weighted by molar-refractivity contribution is 4.86. The summed E-state index contributed by atoms with van der Waals surface area (Å²) in [6.07, 6.45) is 6.23. The minimum Gasteiger partial charge on any atom is -0.0912 e. The number of hydrogen-bond donors (Lipinski definition) is 0. The topological polar surface area (TPSA) is 0 Å². The highest BCUT2D eigenvalue weighted by Crippen LogP contribution is 1.62. The lowest BCUT2D eigenvalue weighted by molar-refractivity contribution is 1.72. The Morgan fingerprint density at radius 1 is 1.80 bits per heavy atom. The molecular weight excluding hydrogens is 60.1 g/mol. The monoisotopic (exact) mass is 67.1 g/mol. The van der Waals surface area contributed by atoms with E-state index in [9.17, 15) is 0 Å². The van der Waals surface area contributed by atoms with Crippen LogP contribution >= 0.6 is 0 Å². The zero-order valence-electron chi connectivity index (χ0n) is 3.36. The van der Waals surface area contributed by atoms with Crippen molar-refractivity contribution >= 4 is 0 Å². The molecule has 0 heterocycles. The minimum atomic E-state index is 1.76. The van der Waals surface area contributed by atoms with E-state index in [1.54, 1.807) is 6.08 Å². The molecule has 0 aliphatic heterocycles. The summed E-state index contributed by atoms with van der Waals surface area (Å²) in [5, 5.41) is 0. The summed E-state index contributed by atoms with van der Waals surface area (Å²) in [5.41, 5.74) is 0. The Bertz CT molecular complexity index is 42.0. The van der Waals surface area contributed by atoms with Crippen molar-refractivity contribution in [3.63, 3.8) is 0 Å². The molecule has 0 aliphatic carbocycles. The summed E-state index contributed by atoms with van der Waals surface area (Å²) in [6, 6.07) is 0. The molecule has 0 bridgehead atoms. The molecular formula is C5H7. The Morgan fingerprint density at radius 3 is 2.40 bits per heavy atom. The molecule has 0 aromatic carbocycles. The molecule has 0 aromatic heterocycles. The summed E-state index contributed by atoms with van der Waals surface area (Å²) >= 11 is 0. The third-order valence-electron chi connectivity index (χ3n) is 0.285. The van der Waals surface area contributed by atoms with Crippen LogP contribution in [0.3, 0.4) is 0 Å². The van der Waals surface area contributed by atoms with Crippen LogP contribution in [0.5, 0.6) is 0 Å². The fourth-order valence-electron chi connectivity index (χ4n) is 0.118. The van der Waals surface area contributed by atoms with Gasteiger partial charge in [-0.15, -0.1) is 0 Å². The number of hydrogen-bond acceptors (Lipinski definition) is 0. The molecule has 0 heteroatoms. The molecule has 0 amide bonds. The maximum Gasteiger partial charge on any atom is -0.0265 e. The highest BCUT2D eigenvalue weighted by atomic mass is 13.5. The van der Waals surface area contributed by atoms with Gasteiger partial charge >= 0.3 is 0 Å². The SMILES string of the molecule is C=[C]/C=C\C. The van der Waals surface area contributed by atoms with E-state index in [2.05, 4.69) is 12.7 Å². The molecule has 0 aromatic rings. The molecule has 1 radical (unpaired) electrons. The molecule has 0 N–H and O–H groups in total. The van der Waals surface area contributed by atoms with Gasteiger partial charge in [-0.3, -0.25) is 0 Å². The molecule has 0 atom stereocenters. The van der Waals surface area contributed by atoms with E-state index in [0.717, 1.165) is 0 Å².